The van der Waals surface area contributed by atoms with Crippen LogP contribution in [-0.2, 0) is 19.1 Å². The van der Waals surface area contributed by atoms with Crippen molar-refractivity contribution < 1.29 is 19.1 Å². The zero-order chi connectivity index (χ0) is 14.3. The molecule has 0 saturated carbocycles. The summed E-state index contributed by atoms with van der Waals surface area (Å²) in [5.41, 5.74) is 5.69. The fourth-order valence-electron chi connectivity index (χ4n) is 1.82. The highest BCUT2D eigenvalue weighted by Crippen LogP contribution is 2.01. The largest absolute Gasteiger partial charge is 0.385 e. The van der Waals surface area contributed by atoms with Gasteiger partial charge in [-0.1, -0.05) is 0 Å². The van der Waals surface area contributed by atoms with Crippen molar-refractivity contribution in [1.29, 1.82) is 0 Å². The van der Waals surface area contributed by atoms with Gasteiger partial charge in [0.05, 0.1) is 19.3 Å². The lowest BCUT2D eigenvalue weighted by Gasteiger charge is -2.29. The molecule has 110 valence electrons. The Kier molecular flexibility index (Phi) is 6.75. The summed E-state index contributed by atoms with van der Waals surface area (Å²) in [6.07, 6.45) is 0.431. The molecule has 0 aliphatic carbocycles. The lowest BCUT2D eigenvalue weighted by molar-refractivity contribution is -0.139. The second-order valence-corrected chi connectivity index (χ2v) is 4.56. The van der Waals surface area contributed by atoms with E-state index in [1.54, 1.807) is 18.9 Å². The number of rotatable bonds is 6. The van der Waals surface area contributed by atoms with Gasteiger partial charge in [-0.25, -0.2) is 0 Å². The van der Waals surface area contributed by atoms with E-state index >= 15 is 0 Å². The topological polar surface area (TPSA) is 93.9 Å². The van der Waals surface area contributed by atoms with E-state index in [-0.39, 0.29) is 11.8 Å². The van der Waals surface area contributed by atoms with E-state index in [0.29, 0.717) is 39.3 Å². The number of morpholine rings is 1. The lowest BCUT2D eigenvalue weighted by Crippen LogP contribution is -2.53. The average molecular weight is 273 g/mol. The van der Waals surface area contributed by atoms with Crippen LogP contribution in [0.1, 0.15) is 13.3 Å². The fraction of sp³-hybridized carbons (Fsp3) is 0.833. The maximum atomic E-state index is 12.1. The first-order chi connectivity index (χ1) is 9.06. The van der Waals surface area contributed by atoms with Crippen molar-refractivity contribution in [1.82, 2.24) is 10.2 Å². The predicted octanol–water partition coefficient (Wildman–Crippen LogP) is -1.29. The quantitative estimate of drug-likeness (QED) is 0.628. The Morgan fingerprint density at radius 1 is 1.42 bits per heavy atom. The van der Waals surface area contributed by atoms with Gasteiger partial charge < -0.3 is 25.4 Å². The van der Waals surface area contributed by atoms with Gasteiger partial charge in [-0.05, 0) is 13.3 Å². The van der Waals surface area contributed by atoms with Gasteiger partial charge in [-0.2, -0.15) is 0 Å². The minimum Gasteiger partial charge on any atom is -0.385 e. The number of nitrogens with two attached hydrogens (primary N) is 1. The standard InChI is InChI=1S/C12H23N3O4/c1-9(12(17)15-4-7-19-8-5-15)14-11(16)10(13)3-6-18-2/h9-10H,3-8,13H2,1-2H3,(H,14,16). The molecule has 1 saturated heterocycles. The van der Waals surface area contributed by atoms with Gasteiger partial charge in [0.25, 0.3) is 0 Å². The van der Waals surface area contributed by atoms with Gasteiger partial charge in [-0.3, -0.25) is 9.59 Å². The van der Waals surface area contributed by atoms with Gasteiger partial charge in [0.1, 0.15) is 6.04 Å². The van der Waals surface area contributed by atoms with Crippen LogP contribution in [0.3, 0.4) is 0 Å². The van der Waals surface area contributed by atoms with Crippen LogP contribution in [0.2, 0.25) is 0 Å². The smallest absolute Gasteiger partial charge is 0.245 e. The summed E-state index contributed by atoms with van der Waals surface area (Å²) in [6.45, 7) is 4.29. The van der Waals surface area contributed by atoms with Crippen molar-refractivity contribution in [3.8, 4) is 0 Å². The van der Waals surface area contributed by atoms with Gasteiger partial charge in [0.2, 0.25) is 11.8 Å². The molecule has 1 aliphatic heterocycles. The third kappa shape index (κ3) is 5.14. The highest BCUT2D eigenvalue weighted by molar-refractivity contribution is 5.89. The predicted molar refractivity (Wildman–Crippen MR) is 69.5 cm³/mol. The van der Waals surface area contributed by atoms with E-state index in [2.05, 4.69) is 5.32 Å². The number of ether oxygens (including phenoxy) is 2. The van der Waals surface area contributed by atoms with Crippen molar-refractivity contribution >= 4 is 11.8 Å². The van der Waals surface area contributed by atoms with E-state index in [0.717, 1.165) is 0 Å². The molecule has 1 aliphatic rings. The molecular formula is C12H23N3O4. The molecule has 7 nitrogen and oxygen atoms in total. The minimum atomic E-state index is -0.653. The number of nitrogens with one attached hydrogen (secondary N) is 1. The monoisotopic (exact) mass is 273 g/mol. The van der Waals surface area contributed by atoms with Crippen molar-refractivity contribution in [3.63, 3.8) is 0 Å². The Hall–Kier alpha value is -1.18. The first-order valence-corrected chi connectivity index (χ1v) is 6.47. The second-order valence-electron chi connectivity index (χ2n) is 4.56. The number of carbonyl (C=O) groups is 2. The summed E-state index contributed by atoms with van der Waals surface area (Å²) in [4.78, 5) is 25.5. The number of carbonyl (C=O) groups excluding carboxylic acids is 2. The van der Waals surface area contributed by atoms with Gasteiger partial charge in [0, 0.05) is 26.8 Å². The molecule has 0 bridgehead atoms. The highest BCUT2D eigenvalue weighted by atomic mass is 16.5. The maximum absolute atomic E-state index is 12.1. The zero-order valence-electron chi connectivity index (χ0n) is 11.6. The molecule has 1 fully saturated rings. The molecule has 0 aromatic carbocycles. The molecule has 3 N–H and O–H groups in total. The highest BCUT2D eigenvalue weighted by Gasteiger charge is 2.25. The molecule has 19 heavy (non-hydrogen) atoms. The maximum Gasteiger partial charge on any atom is 0.245 e. The van der Waals surface area contributed by atoms with E-state index in [1.807, 2.05) is 0 Å². The molecule has 2 unspecified atom stereocenters. The lowest BCUT2D eigenvalue weighted by atomic mass is 10.2. The van der Waals surface area contributed by atoms with Gasteiger partial charge >= 0.3 is 0 Å². The van der Waals surface area contributed by atoms with Crippen molar-refractivity contribution in [2.75, 3.05) is 40.0 Å². The molecule has 0 radical (unpaired) electrons. The summed E-state index contributed by atoms with van der Waals surface area (Å²) in [7, 11) is 1.55. The summed E-state index contributed by atoms with van der Waals surface area (Å²) in [6, 6.07) is -1.22. The first kappa shape index (κ1) is 15.9. The molecule has 2 amide bonds. The number of hydrogen-bond donors (Lipinski definition) is 2. The molecule has 1 heterocycles. The zero-order valence-corrected chi connectivity index (χ0v) is 11.6. The summed E-state index contributed by atoms with van der Waals surface area (Å²) in [5, 5.41) is 2.63. The number of nitrogens with zero attached hydrogens (tertiary/aromatic N) is 1. The van der Waals surface area contributed by atoms with E-state index in [4.69, 9.17) is 15.2 Å². The fourth-order valence-corrected chi connectivity index (χ4v) is 1.82. The van der Waals surface area contributed by atoms with Gasteiger partial charge in [-0.15, -0.1) is 0 Å². The summed E-state index contributed by atoms with van der Waals surface area (Å²) in [5.74, 6) is -0.429. The van der Waals surface area contributed by atoms with Crippen LogP contribution in [0.25, 0.3) is 0 Å². The molecule has 0 spiro atoms. The van der Waals surface area contributed by atoms with Crippen LogP contribution < -0.4 is 11.1 Å². The number of hydrogen-bond acceptors (Lipinski definition) is 5. The summed E-state index contributed by atoms with van der Waals surface area (Å²) < 4.78 is 10.0. The Morgan fingerprint density at radius 2 is 2.05 bits per heavy atom. The Bertz CT molecular complexity index is 305. The first-order valence-electron chi connectivity index (χ1n) is 6.47. The van der Waals surface area contributed by atoms with Crippen molar-refractivity contribution in [3.05, 3.63) is 0 Å². The van der Waals surface area contributed by atoms with Crippen LogP contribution in [0.5, 0.6) is 0 Å². The number of amides is 2. The Labute approximate surface area is 113 Å². The summed E-state index contributed by atoms with van der Waals surface area (Å²) >= 11 is 0. The molecular weight excluding hydrogens is 250 g/mol. The minimum absolute atomic E-state index is 0.101. The van der Waals surface area contributed by atoms with Crippen LogP contribution in [-0.4, -0.2) is 68.8 Å². The van der Waals surface area contributed by atoms with Crippen LogP contribution >= 0.6 is 0 Å². The average Bonchev–Trinajstić information content (AvgIpc) is 2.44. The van der Waals surface area contributed by atoms with E-state index < -0.39 is 12.1 Å². The third-order valence-electron chi connectivity index (χ3n) is 3.02. The van der Waals surface area contributed by atoms with E-state index in [9.17, 15) is 9.59 Å². The normalized spacial score (nSPS) is 18.8. The van der Waals surface area contributed by atoms with E-state index in [1.165, 1.54) is 0 Å². The number of methoxy groups -OCH3 is 1. The third-order valence-corrected chi connectivity index (χ3v) is 3.02. The second kappa shape index (κ2) is 8.08. The Morgan fingerprint density at radius 3 is 2.63 bits per heavy atom. The van der Waals surface area contributed by atoms with Crippen LogP contribution in [0.15, 0.2) is 0 Å². The molecule has 7 heteroatoms. The molecule has 2 atom stereocenters. The van der Waals surface area contributed by atoms with Crippen molar-refractivity contribution in [2.45, 2.75) is 25.4 Å². The molecule has 0 aromatic heterocycles. The molecule has 0 aromatic rings. The Balaban J connectivity index is 2.37. The van der Waals surface area contributed by atoms with Gasteiger partial charge in [0.15, 0.2) is 0 Å². The SMILES string of the molecule is COCCC(N)C(=O)NC(C)C(=O)N1CCOCC1. The van der Waals surface area contributed by atoms with Crippen molar-refractivity contribution in [2.24, 2.45) is 5.73 Å². The van der Waals surface area contributed by atoms with Crippen LogP contribution in [0.4, 0.5) is 0 Å². The molecule has 1 rings (SSSR count). The van der Waals surface area contributed by atoms with Crippen LogP contribution in [0, 0.1) is 0 Å².